The number of hydrogen-bond acceptors (Lipinski definition) is 4. The first-order valence-corrected chi connectivity index (χ1v) is 6.87. The van der Waals surface area contributed by atoms with E-state index in [-0.39, 0.29) is 5.56 Å². The summed E-state index contributed by atoms with van der Waals surface area (Å²) in [6, 6.07) is 10.5. The first-order chi connectivity index (χ1) is 10.6. The highest BCUT2D eigenvalue weighted by Gasteiger charge is 2.18. The summed E-state index contributed by atoms with van der Waals surface area (Å²) < 4.78 is 7.05. The minimum atomic E-state index is -0.653. The topological polar surface area (TPSA) is 77.0 Å². The van der Waals surface area contributed by atoms with Crippen LogP contribution in [-0.4, -0.2) is 20.5 Å². The van der Waals surface area contributed by atoms with Crippen molar-refractivity contribution in [2.75, 3.05) is 0 Å². The predicted octanol–water partition coefficient (Wildman–Crippen LogP) is 2.18. The molecule has 0 radical (unpaired) electrons. The molecule has 2 aromatic heterocycles. The number of hydrogen-bond donors (Lipinski definition) is 1. The number of nitrogens with zero attached hydrogens (tertiary/aromatic N) is 2. The van der Waals surface area contributed by atoms with Crippen LogP contribution in [0.15, 0.2) is 47.4 Å². The van der Waals surface area contributed by atoms with Crippen molar-refractivity contribution in [1.29, 1.82) is 0 Å². The zero-order valence-corrected chi connectivity index (χ0v) is 12.2. The van der Waals surface area contributed by atoms with Gasteiger partial charge in [-0.1, -0.05) is 12.1 Å². The Hall–Kier alpha value is -2.89. The summed E-state index contributed by atoms with van der Waals surface area (Å²) in [6.45, 7) is 1.67. The highest BCUT2D eigenvalue weighted by molar-refractivity contribution is 5.87. The van der Waals surface area contributed by atoms with Crippen molar-refractivity contribution in [2.24, 2.45) is 7.05 Å². The molecule has 112 valence electrons. The van der Waals surface area contributed by atoms with Gasteiger partial charge in [-0.05, 0) is 31.2 Å². The molecule has 0 aliphatic carbocycles. The minimum absolute atomic E-state index is 0.248. The SMILES string of the molecule is C[C@H](OC(=O)c1cccn1C)c1nc2ccccc2c(=O)[nH]1. The molecule has 2 heterocycles. The average Bonchev–Trinajstić information content (AvgIpc) is 2.93. The number of nitrogens with one attached hydrogen (secondary N) is 1. The molecule has 1 aromatic carbocycles. The van der Waals surface area contributed by atoms with Crippen molar-refractivity contribution in [1.82, 2.24) is 14.5 Å². The van der Waals surface area contributed by atoms with Crippen LogP contribution in [0.1, 0.15) is 29.3 Å². The second-order valence-electron chi connectivity index (χ2n) is 5.02. The smallest absolute Gasteiger partial charge is 0.355 e. The van der Waals surface area contributed by atoms with Crippen LogP contribution in [0.5, 0.6) is 0 Å². The zero-order chi connectivity index (χ0) is 15.7. The highest BCUT2D eigenvalue weighted by Crippen LogP contribution is 2.16. The molecule has 0 saturated carbocycles. The van der Waals surface area contributed by atoms with Gasteiger partial charge >= 0.3 is 5.97 Å². The number of aryl methyl sites for hydroxylation is 1. The number of H-pyrrole nitrogens is 1. The highest BCUT2D eigenvalue weighted by atomic mass is 16.5. The fourth-order valence-corrected chi connectivity index (χ4v) is 2.25. The third-order valence-electron chi connectivity index (χ3n) is 3.45. The summed E-state index contributed by atoms with van der Waals surface area (Å²) in [7, 11) is 1.76. The van der Waals surface area contributed by atoms with Gasteiger partial charge in [0.15, 0.2) is 11.9 Å². The molecule has 0 fully saturated rings. The summed E-state index contributed by atoms with van der Waals surface area (Å²) in [5.41, 5.74) is 0.764. The maximum absolute atomic E-state index is 12.1. The van der Waals surface area contributed by atoms with E-state index in [4.69, 9.17) is 4.74 Å². The molecular formula is C16H15N3O3. The Balaban J connectivity index is 1.89. The molecule has 0 spiro atoms. The van der Waals surface area contributed by atoms with Gasteiger partial charge < -0.3 is 14.3 Å². The number of fused-ring (bicyclic) bond motifs is 1. The fraction of sp³-hybridized carbons (Fsp3) is 0.188. The summed E-state index contributed by atoms with van der Waals surface area (Å²) in [4.78, 5) is 31.1. The van der Waals surface area contributed by atoms with Crippen molar-refractivity contribution >= 4 is 16.9 Å². The standard InChI is InChI=1S/C16H15N3O3/c1-10(22-16(21)13-8-5-9-19(13)2)14-17-12-7-4-3-6-11(12)15(20)18-14/h3-10H,1-2H3,(H,17,18,20)/t10-/m0/s1. The lowest BCUT2D eigenvalue weighted by Gasteiger charge is -2.13. The van der Waals surface area contributed by atoms with E-state index in [1.165, 1.54) is 0 Å². The van der Waals surface area contributed by atoms with E-state index < -0.39 is 12.1 Å². The van der Waals surface area contributed by atoms with Gasteiger partial charge in [-0.3, -0.25) is 4.79 Å². The summed E-state index contributed by atoms with van der Waals surface area (Å²) >= 11 is 0. The van der Waals surface area contributed by atoms with E-state index in [0.717, 1.165) is 0 Å². The van der Waals surface area contributed by atoms with Crippen LogP contribution in [0.4, 0.5) is 0 Å². The van der Waals surface area contributed by atoms with Crippen LogP contribution in [-0.2, 0) is 11.8 Å². The van der Waals surface area contributed by atoms with Gasteiger partial charge in [0.05, 0.1) is 10.9 Å². The lowest BCUT2D eigenvalue weighted by molar-refractivity contribution is 0.0309. The first kappa shape index (κ1) is 14.1. The number of esters is 1. The largest absolute Gasteiger partial charge is 0.450 e. The number of benzene rings is 1. The van der Waals surface area contributed by atoms with Gasteiger partial charge in [-0.15, -0.1) is 0 Å². The molecule has 0 aliphatic heterocycles. The molecule has 6 nitrogen and oxygen atoms in total. The number of carbonyl (C=O) groups is 1. The van der Waals surface area contributed by atoms with Crippen LogP contribution in [0.3, 0.4) is 0 Å². The number of carbonyl (C=O) groups excluding carboxylic acids is 1. The fourth-order valence-electron chi connectivity index (χ4n) is 2.25. The molecular weight excluding hydrogens is 282 g/mol. The molecule has 3 rings (SSSR count). The van der Waals surface area contributed by atoms with E-state index >= 15 is 0 Å². The third-order valence-corrected chi connectivity index (χ3v) is 3.45. The molecule has 1 N–H and O–H groups in total. The molecule has 0 aliphatic rings. The number of rotatable bonds is 3. The number of aromatic nitrogens is 3. The van der Waals surface area contributed by atoms with Gasteiger partial charge in [-0.25, -0.2) is 9.78 Å². The van der Waals surface area contributed by atoms with Gasteiger partial charge in [0, 0.05) is 13.2 Å². The number of aromatic amines is 1. The normalized spacial score (nSPS) is 12.3. The Bertz CT molecular complexity index is 895. The monoisotopic (exact) mass is 297 g/mol. The molecule has 0 unspecified atom stereocenters. The summed E-state index contributed by atoms with van der Waals surface area (Å²) in [5.74, 6) is -0.137. The quantitative estimate of drug-likeness (QED) is 0.752. The Morgan fingerprint density at radius 1 is 1.27 bits per heavy atom. The molecule has 0 bridgehead atoms. The van der Waals surface area contributed by atoms with E-state index in [1.54, 1.807) is 61.1 Å². The van der Waals surface area contributed by atoms with Crippen LogP contribution in [0, 0.1) is 0 Å². The van der Waals surface area contributed by atoms with Crippen molar-refractivity contribution in [2.45, 2.75) is 13.0 Å². The first-order valence-electron chi connectivity index (χ1n) is 6.87. The van der Waals surface area contributed by atoms with Crippen LogP contribution in [0.2, 0.25) is 0 Å². The average molecular weight is 297 g/mol. The molecule has 0 amide bonds. The van der Waals surface area contributed by atoms with Crippen molar-refractivity contribution in [3.63, 3.8) is 0 Å². The van der Waals surface area contributed by atoms with E-state index in [1.807, 2.05) is 0 Å². The van der Waals surface area contributed by atoms with Crippen LogP contribution in [0.25, 0.3) is 10.9 Å². The van der Waals surface area contributed by atoms with Gasteiger partial charge in [0.2, 0.25) is 0 Å². The zero-order valence-electron chi connectivity index (χ0n) is 12.2. The second kappa shape index (κ2) is 5.48. The Labute approximate surface area is 126 Å². The molecule has 22 heavy (non-hydrogen) atoms. The maximum Gasteiger partial charge on any atom is 0.355 e. The lowest BCUT2D eigenvalue weighted by Crippen LogP contribution is -2.18. The van der Waals surface area contributed by atoms with Crippen molar-refractivity contribution < 1.29 is 9.53 Å². The Morgan fingerprint density at radius 2 is 2.05 bits per heavy atom. The van der Waals surface area contributed by atoms with Gasteiger partial charge in [0.1, 0.15) is 5.69 Å². The Kier molecular flexibility index (Phi) is 3.50. The van der Waals surface area contributed by atoms with Gasteiger partial charge in [0.25, 0.3) is 5.56 Å². The van der Waals surface area contributed by atoms with E-state index in [9.17, 15) is 9.59 Å². The van der Waals surface area contributed by atoms with Crippen LogP contribution >= 0.6 is 0 Å². The van der Waals surface area contributed by atoms with Crippen molar-refractivity contribution in [3.8, 4) is 0 Å². The summed E-state index contributed by atoms with van der Waals surface area (Å²) in [5, 5.41) is 0.507. The molecule has 6 heteroatoms. The predicted molar refractivity (Wildman–Crippen MR) is 81.6 cm³/mol. The Morgan fingerprint density at radius 3 is 2.77 bits per heavy atom. The number of ether oxygens (including phenoxy) is 1. The van der Waals surface area contributed by atoms with E-state index in [0.29, 0.717) is 22.4 Å². The summed E-state index contributed by atoms with van der Waals surface area (Å²) in [6.07, 6.45) is 1.11. The van der Waals surface area contributed by atoms with Crippen molar-refractivity contribution in [3.05, 3.63) is 64.5 Å². The number of para-hydroxylation sites is 1. The maximum atomic E-state index is 12.1. The third kappa shape index (κ3) is 2.50. The second-order valence-corrected chi connectivity index (χ2v) is 5.02. The lowest BCUT2D eigenvalue weighted by atomic mass is 10.2. The minimum Gasteiger partial charge on any atom is -0.450 e. The molecule has 1 atom stereocenters. The van der Waals surface area contributed by atoms with Crippen LogP contribution < -0.4 is 5.56 Å². The molecule has 3 aromatic rings. The van der Waals surface area contributed by atoms with E-state index in [2.05, 4.69) is 9.97 Å². The molecule has 0 saturated heterocycles. The van der Waals surface area contributed by atoms with Gasteiger partial charge in [-0.2, -0.15) is 0 Å².